The lowest BCUT2D eigenvalue weighted by Crippen LogP contribution is -1.89. The van der Waals surface area contributed by atoms with Crippen LogP contribution < -0.4 is 4.74 Å². The Morgan fingerprint density at radius 1 is 0.750 bits per heavy atom. The second kappa shape index (κ2) is 6.39. The molecule has 0 aliphatic heterocycles. The fourth-order valence-corrected chi connectivity index (χ4v) is 3.29. The van der Waals surface area contributed by atoms with Crippen molar-refractivity contribution in [3.63, 3.8) is 0 Å². The molecule has 0 fully saturated rings. The summed E-state index contributed by atoms with van der Waals surface area (Å²) in [5.74, 6) is 0.536. The van der Waals surface area contributed by atoms with Crippen LogP contribution in [0.1, 0.15) is 0 Å². The molecule has 7 heteroatoms. The summed E-state index contributed by atoms with van der Waals surface area (Å²) >= 11 is 36.5. The van der Waals surface area contributed by atoms with E-state index in [0.717, 1.165) is 0 Å². The predicted octanol–water partition coefficient (Wildman–Crippen LogP) is 7.28. The number of ether oxygens (including phenoxy) is 1. The summed E-state index contributed by atoms with van der Waals surface area (Å²) in [7, 11) is 1.52. The molecule has 0 amide bonds. The SMILES string of the molecule is COc1ccc(-c2c(Cl)c(Cl)c(Cl)c(Cl)c2Cl)cc1Cl. The molecule has 0 aliphatic rings. The third kappa shape index (κ3) is 2.81. The number of hydrogen-bond acceptors (Lipinski definition) is 1. The van der Waals surface area contributed by atoms with Gasteiger partial charge in [-0.3, -0.25) is 0 Å². The van der Waals surface area contributed by atoms with E-state index in [1.165, 1.54) is 7.11 Å². The first-order valence-electron chi connectivity index (χ1n) is 5.23. The van der Waals surface area contributed by atoms with Crippen molar-refractivity contribution in [1.29, 1.82) is 0 Å². The number of halogens is 6. The molecule has 0 aliphatic carbocycles. The Hall–Kier alpha value is -0.0200. The lowest BCUT2D eigenvalue weighted by atomic mass is 10.1. The van der Waals surface area contributed by atoms with E-state index in [1.807, 2.05) is 0 Å². The standard InChI is InChI=1S/C13H6Cl6O/c1-20-7-3-2-5(4-6(7)14)8-9(15)11(17)13(19)12(18)10(8)16/h2-4H,1H3. The van der Waals surface area contributed by atoms with Gasteiger partial charge in [-0.1, -0.05) is 75.7 Å². The Morgan fingerprint density at radius 2 is 1.25 bits per heavy atom. The highest BCUT2D eigenvalue weighted by atomic mass is 35.5. The van der Waals surface area contributed by atoms with Crippen LogP contribution in [-0.4, -0.2) is 7.11 Å². The van der Waals surface area contributed by atoms with Crippen molar-refractivity contribution >= 4 is 69.6 Å². The summed E-state index contributed by atoms with van der Waals surface area (Å²) in [6, 6.07) is 5.10. The summed E-state index contributed by atoms with van der Waals surface area (Å²) in [5.41, 5.74) is 1.13. The van der Waals surface area contributed by atoms with E-state index in [0.29, 0.717) is 21.9 Å². The van der Waals surface area contributed by atoms with Gasteiger partial charge < -0.3 is 4.74 Å². The van der Waals surface area contributed by atoms with Gasteiger partial charge in [-0.25, -0.2) is 0 Å². The smallest absolute Gasteiger partial charge is 0.137 e. The van der Waals surface area contributed by atoms with Gasteiger partial charge in [-0.05, 0) is 17.7 Å². The van der Waals surface area contributed by atoms with E-state index in [4.69, 9.17) is 74.3 Å². The Labute approximate surface area is 146 Å². The molecule has 2 rings (SSSR count). The summed E-state index contributed by atoms with van der Waals surface area (Å²) in [6.45, 7) is 0. The molecule has 0 bridgehead atoms. The van der Waals surface area contributed by atoms with Crippen LogP contribution in [-0.2, 0) is 0 Å². The summed E-state index contributed by atoms with van der Waals surface area (Å²) in [4.78, 5) is 0. The van der Waals surface area contributed by atoms with E-state index >= 15 is 0 Å². The summed E-state index contributed by atoms with van der Waals surface area (Å²) < 4.78 is 5.09. The molecule has 0 N–H and O–H groups in total. The van der Waals surface area contributed by atoms with Crippen molar-refractivity contribution in [2.45, 2.75) is 0 Å². The number of benzene rings is 2. The zero-order chi connectivity index (χ0) is 15.0. The third-order valence-electron chi connectivity index (χ3n) is 2.65. The van der Waals surface area contributed by atoms with Gasteiger partial charge in [0.2, 0.25) is 0 Å². The Balaban J connectivity index is 2.73. The Bertz CT molecular complexity index is 654. The molecule has 0 spiro atoms. The van der Waals surface area contributed by atoms with Crippen molar-refractivity contribution < 1.29 is 4.74 Å². The lowest BCUT2D eigenvalue weighted by molar-refractivity contribution is 0.415. The van der Waals surface area contributed by atoms with Crippen LogP contribution in [0, 0.1) is 0 Å². The van der Waals surface area contributed by atoms with Crippen molar-refractivity contribution in [3.8, 4) is 16.9 Å². The van der Waals surface area contributed by atoms with E-state index in [-0.39, 0.29) is 25.1 Å². The normalized spacial score (nSPS) is 10.8. The molecule has 0 saturated carbocycles. The van der Waals surface area contributed by atoms with Crippen molar-refractivity contribution in [2.75, 3.05) is 7.11 Å². The molecular weight excluding hydrogens is 385 g/mol. The van der Waals surface area contributed by atoms with Crippen LogP contribution in [0.15, 0.2) is 18.2 Å². The average Bonchev–Trinajstić information content (AvgIpc) is 2.43. The first-order chi connectivity index (χ1) is 9.38. The number of methoxy groups -OCH3 is 1. The summed E-state index contributed by atoms with van der Waals surface area (Å²) in [5, 5.41) is 1.25. The van der Waals surface area contributed by atoms with Crippen molar-refractivity contribution in [1.82, 2.24) is 0 Å². The molecule has 0 saturated heterocycles. The lowest BCUT2D eigenvalue weighted by Gasteiger charge is -2.13. The van der Waals surface area contributed by atoms with Crippen LogP contribution in [0.2, 0.25) is 30.1 Å². The topological polar surface area (TPSA) is 9.23 Å². The third-order valence-corrected chi connectivity index (χ3v) is 5.22. The molecule has 0 unspecified atom stereocenters. The first kappa shape index (κ1) is 16.4. The average molecular weight is 391 g/mol. The second-order valence-electron chi connectivity index (χ2n) is 3.79. The van der Waals surface area contributed by atoms with Crippen molar-refractivity contribution in [3.05, 3.63) is 48.3 Å². The van der Waals surface area contributed by atoms with Gasteiger partial charge >= 0.3 is 0 Å². The van der Waals surface area contributed by atoms with Crippen LogP contribution in [0.25, 0.3) is 11.1 Å². The van der Waals surface area contributed by atoms with Gasteiger partial charge in [-0.15, -0.1) is 0 Å². The molecule has 0 radical (unpaired) electrons. The predicted molar refractivity (Wildman–Crippen MR) is 88.5 cm³/mol. The van der Waals surface area contributed by atoms with Gasteiger partial charge in [0.05, 0.1) is 37.2 Å². The molecule has 1 nitrogen and oxygen atoms in total. The van der Waals surface area contributed by atoms with Gasteiger partial charge in [0, 0.05) is 5.56 Å². The zero-order valence-electron chi connectivity index (χ0n) is 9.91. The quantitative estimate of drug-likeness (QED) is 0.386. The van der Waals surface area contributed by atoms with Crippen LogP contribution in [0.3, 0.4) is 0 Å². The van der Waals surface area contributed by atoms with Crippen molar-refractivity contribution in [2.24, 2.45) is 0 Å². The second-order valence-corrected chi connectivity index (χ2v) is 6.09. The van der Waals surface area contributed by atoms with Gasteiger partial charge in [0.1, 0.15) is 5.75 Å². The molecule has 0 atom stereocenters. The van der Waals surface area contributed by atoms with Crippen LogP contribution in [0.5, 0.6) is 5.75 Å². The first-order valence-corrected chi connectivity index (χ1v) is 7.50. The maximum absolute atomic E-state index is 6.20. The highest BCUT2D eigenvalue weighted by molar-refractivity contribution is 6.56. The number of rotatable bonds is 2. The van der Waals surface area contributed by atoms with E-state index < -0.39 is 0 Å². The van der Waals surface area contributed by atoms with E-state index in [9.17, 15) is 0 Å². The van der Waals surface area contributed by atoms with E-state index in [2.05, 4.69) is 0 Å². The molecule has 0 aromatic heterocycles. The van der Waals surface area contributed by atoms with Gasteiger partial charge in [0.25, 0.3) is 0 Å². The maximum Gasteiger partial charge on any atom is 0.137 e. The number of hydrogen-bond donors (Lipinski definition) is 0. The minimum Gasteiger partial charge on any atom is -0.495 e. The highest BCUT2D eigenvalue weighted by Crippen LogP contribution is 2.48. The van der Waals surface area contributed by atoms with Gasteiger partial charge in [0.15, 0.2) is 0 Å². The van der Waals surface area contributed by atoms with E-state index in [1.54, 1.807) is 18.2 Å². The monoisotopic (exact) mass is 388 g/mol. The highest BCUT2D eigenvalue weighted by Gasteiger charge is 2.20. The molecule has 20 heavy (non-hydrogen) atoms. The molecular formula is C13H6Cl6O. The largest absolute Gasteiger partial charge is 0.495 e. The zero-order valence-corrected chi connectivity index (χ0v) is 14.4. The van der Waals surface area contributed by atoms with Crippen LogP contribution in [0.4, 0.5) is 0 Å². The molecule has 2 aromatic rings. The molecule has 0 heterocycles. The minimum atomic E-state index is 0.117. The molecule has 2 aromatic carbocycles. The fourth-order valence-electron chi connectivity index (χ4n) is 1.68. The van der Waals surface area contributed by atoms with Crippen LogP contribution >= 0.6 is 69.6 Å². The maximum atomic E-state index is 6.20. The molecule has 106 valence electrons. The minimum absolute atomic E-state index is 0.117. The Morgan fingerprint density at radius 3 is 1.70 bits per heavy atom. The summed E-state index contributed by atoms with van der Waals surface area (Å²) in [6.07, 6.45) is 0. The fraction of sp³-hybridized carbons (Fsp3) is 0.0769. The Kier molecular flexibility index (Phi) is 5.23. The van der Waals surface area contributed by atoms with Gasteiger partial charge in [-0.2, -0.15) is 0 Å².